The number of hydrogen-bond acceptors (Lipinski definition) is 5. The minimum Gasteiger partial charge on any atom is -0.505 e. The maximum absolute atomic E-state index is 12.3. The number of benzene rings is 3. The van der Waals surface area contributed by atoms with Crippen molar-refractivity contribution in [1.29, 1.82) is 0 Å². The Morgan fingerprint density at radius 2 is 1.71 bits per heavy atom. The molecule has 1 aromatic heterocycles. The highest BCUT2D eigenvalue weighted by atomic mass is 79.9. The molecule has 2 heterocycles. The van der Waals surface area contributed by atoms with Crippen LogP contribution in [0.15, 0.2) is 83.5 Å². The predicted molar refractivity (Wildman–Crippen MR) is 144 cm³/mol. The zero-order valence-electron chi connectivity index (χ0n) is 19.3. The molecule has 4 aromatic rings. The number of carbonyl (C=O) groups excluding carboxylic acids is 1. The molecule has 35 heavy (non-hydrogen) atoms. The molecule has 7 heteroatoms. The van der Waals surface area contributed by atoms with Crippen LogP contribution in [-0.4, -0.2) is 47.1 Å². The van der Waals surface area contributed by atoms with Crippen LogP contribution in [0.25, 0.3) is 10.9 Å². The number of aromatic hydroxyl groups is 1. The zero-order valence-corrected chi connectivity index (χ0v) is 20.9. The fraction of sp³-hybridized carbons (Fsp3) is 0.214. The van der Waals surface area contributed by atoms with Gasteiger partial charge in [-0.1, -0.05) is 36.4 Å². The number of hydrogen-bond donors (Lipinski definition) is 2. The summed E-state index contributed by atoms with van der Waals surface area (Å²) in [6.07, 6.45) is 2.07. The van der Waals surface area contributed by atoms with Crippen LogP contribution in [0, 0.1) is 0 Å². The van der Waals surface area contributed by atoms with Crippen molar-refractivity contribution in [2.45, 2.75) is 13.0 Å². The van der Waals surface area contributed by atoms with Crippen molar-refractivity contribution in [2.24, 2.45) is 0 Å². The molecular formula is C28H27BrN4O2. The number of nitrogens with one attached hydrogen (secondary N) is 1. The second kappa shape index (κ2) is 10.5. The maximum atomic E-state index is 12.3. The molecule has 0 aliphatic carbocycles. The second-order valence-electron chi connectivity index (χ2n) is 8.79. The highest BCUT2D eigenvalue weighted by molar-refractivity contribution is 9.10. The summed E-state index contributed by atoms with van der Waals surface area (Å²) in [6.45, 7) is 4.54. The summed E-state index contributed by atoms with van der Waals surface area (Å²) in [6, 6.07) is 23.8. The summed E-state index contributed by atoms with van der Waals surface area (Å²) in [5.74, 6) is 0.176. The van der Waals surface area contributed by atoms with Crippen LogP contribution >= 0.6 is 15.9 Å². The number of fused-ring (bicyclic) bond motifs is 1. The van der Waals surface area contributed by atoms with E-state index in [0.717, 1.165) is 60.6 Å². The minimum atomic E-state index is -0.0128. The van der Waals surface area contributed by atoms with Gasteiger partial charge in [0.25, 0.3) is 0 Å². The Morgan fingerprint density at radius 3 is 2.46 bits per heavy atom. The Morgan fingerprint density at radius 1 is 0.971 bits per heavy atom. The first-order chi connectivity index (χ1) is 17.1. The quantitative estimate of drug-likeness (QED) is 0.358. The summed E-state index contributed by atoms with van der Waals surface area (Å²) < 4.78 is 0.674. The number of nitrogens with zero attached hydrogens (tertiary/aromatic N) is 3. The van der Waals surface area contributed by atoms with Crippen LogP contribution < -0.4 is 10.2 Å². The summed E-state index contributed by atoms with van der Waals surface area (Å²) in [5.41, 5.74) is 4.76. The third kappa shape index (κ3) is 5.47. The molecule has 1 aliphatic rings. The fourth-order valence-electron chi connectivity index (χ4n) is 4.54. The molecule has 1 aliphatic heterocycles. The Kier molecular flexibility index (Phi) is 6.97. The van der Waals surface area contributed by atoms with Gasteiger partial charge in [-0.2, -0.15) is 0 Å². The molecule has 5 rings (SSSR count). The van der Waals surface area contributed by atoms with Gasteiger partial charge in [-0.25, -0.2) is 0 Å². The van der Waals surface area contributed by atoms with E-state index in [1.165, 1.54) is 0 Å². The molecule has 0 unspecified atom stereocenters. The number of piperazine rings is 1. The molecular weight excluding hydrogens is 504 g/mol. The van der Waals surface area contributed by atoms with Gasteiger partial charge in [0.1, 0.15) is 5.52 Å². The van der Waals surface area contributed by atoms with Crippen molar-refractivity contribution < 1.29 is 9.90 Å². The summed E-state index contributed by atoms with van der Waals surface area (Å²) in [7, 11) is 0. The molecule has 0 bridgehead atoms. The average molecular weight is 531 g/mol. The van der Waals surface area contributed by atoms with Crippen molar-refractivity contribution in [2.75, 3.05) is 36.4 Å². The molecule has 6 nitrogen and oxygen atoms in total. The minimum absolute atomic E-state index is 0.0128. The monoisotopic (exact) mass is 530 g/mol. The number of pyridine rings is 1. The number of carbonyl (C=O) groups is 1. The zero-order chi connectivity index (χ0) is 24.2. The normalized spacial score (nSPS) is 14.3. The molecule has 0 atom stereocenters. The number of phenolic OH excluding ortho intramolecular Hbond substituents is 1. The number of aromatic nitrogens is 1. The molecule has 178 valence electrons. The standard InChI is InChI=1S/C28H27BrN4O2/c29-25-18-21(24-7-4-12-30-27(24)28(25)35)19-32-13-15-33(16-14-32)23-10-8-22(9-11-23)31-26(34)17-20-5-2-1-3-6-20/h1-12,18,35H,13-17,19H2,(H,31,34). The molecule has 1 amide bonds. The van der Waals surface area contributed by atoms with E-state index in [0.29, 0.717) is 16.4 Å². The molecule has 1 fully saturated rings. The van der Waals surface area contributed by atoms with E-state index in [1.807, 2.05) is 60.7 Å². The van der Waals surface area contributed by atoms with Crippen LogP contribution in [0.4, 0.5) is 11.4 Å². The lowest BCUT2D eigenvalue weighted by Crippen LogP contribution is -2.46. The van der Waals surface area contributed by atoms with Crippen molar-refractivity contribution >= 4 is 44.1 Å². The van der Waals surface area contributed by atoms with Gasteiger partial charge >= 0.3 is 0 Å². The van der Waals surface area contributed by atoms with Gasteiger partial charge in [0.15, 0.2) is 5.75 Å². The summed E-state index contributed by atoms with van der Waals surface area (Å²) in [5, 5.41) is 14.3. The van der Waals surface area contributed by atoms with Gasteiger partial charge < -0.3 is 15.3 Å². The Balaban J connectivity index is 1.17. The predicted octanol–water partition coefficient (Wildman–Crippen LogP) is 5.21. The van der Waals surface area contributed by atoms with Crippen LogP contribution in [0.1, 0.15) is 11.1 Å². The highest BCUT2D eigenvalue weighted by Crippen LogP contribution is 2.34. The van der Waals surface area contributed by atoms with E-state index in [-0.39, 0.29) is 11.7 Å². The van der Waals surface area contributed by atoms with E-state index in [1.54, 1.807) is 6.20 Å². The first kappa shape index (κ1) is 23.3. The first-order valence-electron chi connectivity index (χ1n) is 11.7. The fourth-order valence-corrected chi connectivity index (χ4v) is 5.01. The summed E-state index contributed by atoms with van der Waals surface area (Å²) >= 11 is 3.47. The van der Waals surface area contributed by atoms with Gasteiger partial charge in [0.05, 0.1) is 10.9 Å². The molecule has 0 radical (unpaired) electrons. The first-order valence-corrected chi connectivity index (χ1v) is 12.5. The average Bonchev–Trinajstić information content (AvgIpc) is 2.89. The molecule has 1 saturated heterocycles. The van der Waals surface area contributed by atoms with Crippen LogP contribution in [-0.2, 0) is 17.8 Å². The van der Waals surface area contributed by atoms with E-state index in [2.05, 4.69) is 48.2 Å². The van der Waals surface area contributed by atoms with Crippen molar-refractivity contribution in [1.82, 2.24) is 9.88 Å². The lowest BCUT2D eigenvalue weighted by atomic mass is 10.1. The molecule has 2 N–H and O–H groups in total. The van der Waals surface area contributed by atoms with Gasteiger partial charge in [-0.3, -0.25) is 14.7 Å². The highest BCUT2D eigenvalue weighted by Gasteiger charge is 2.19. The van der Waals surface area contributed by atoms with E-state index in [9.17, 15) is 9.90 Å². The van der Waals surface area contributed by atoms with Crippen molar-refractivity contribution in [3.8, 4) is 5.75 Å². The van der Waals surface area contributed by atoms with E-state index >= 15 is 0 Å². The van der Waals surface area contributed by atoms with E-state index < -0.39 is 0 Å². The van der Waals surface area contributed by atoms with Gasteiger partial charge in [0, 0.05) is 55.7 Å². The maximum Gasteiger partial charge on any atom is 0.228 e. The lowest BCUT2D eigenvalue weighted by Gasteiger charge is -2.36. The number of halogens is 1. The third-order valence-electron chi connectivity index (χ3n) is 6.40. The van der Waals surface area contributed by atoms with Crippen molar-refractivity contribution in [3.05, 3.63) is 94.6 Å². The third-order valence-corrected chi connectivity index (χ3v) is 7.00. The van der Waals surface area contributed by atoms with Crippen molar-refractivity contribution in [3.63, 3.8) is 0 Å². The lowest BCUT2D eigenvalue weighted by molar-refractivity contribution is -0.115. The Bertz CT molecular complexity index is 1320. The SMILES string of the molecule is O=C(Cc1ccccc1)Nc1ccc(N2CCN(Cc3cc(Br)c(O)c4ncccc34)CC2)cc1. The van der Waals surface area contributed by atoms with Gasteiger partial charge in [0.2, 0.25) is 5.91 Å². The Hall–Kier alpha value is -3.42. The molecule has 0 spiro atoms. The number of amides is 1. The second-order valence-corrected chi connectivity index (χ2v) is 9.64. The van der Waals surface area contributed by atoms with Crippen LogP contribution in [0.2, 0.25) is 0 Å². The number of rotatable bonds is 6. The van der Waals surface area contributed by atoms with E-state index in [4.69, 9.17) is 0 Å². The van der Waals surface area contributed by atoms with Gasteiger partial charge in [-0.05, 0) is 63.5 Å². The number of phenols is 1. The van der Waals surface area contributed by atoms with Crippen LogP contribution in [0.5, 0.6) is 5.75 Å². The topological polar surface area (TPSA) is 68.7 Å². The Labute approximate surface area is 213 Å². The largest absolute Gasteiger partial charge is 0.505 e. The molecule has 0 saturated carbocycles. The smallest absolute Gasteiger partial charge is 0.228 e. The number of anilines is 2. The van der Waals surface area contributed by atoms with Crippen LogP contribution in [0.3, 0.4) is 0 Å². The molecule has 3 aromatic carbocycles. The van der Waals surface area contributed by atoms with Gasteiger partial charge in [-0.15, -0.1) is 0 Å². The summed E-state index contributed by atoms with van der Waals surface area (Å²) in [4.78, 5) is 21.5.